The van der Waals surface area contributed by atoms with Crippen molar-refractivity contribution in [3.8, 4) is 0 Å². The highest BCUT2D eigenvalue weighted by molar-refractivity contribution is 6.35. The van der Waals surface area contributed by atoms with Crippen LogP contribution in [-0.4, -0.2) is 46.3 Å². The predicted octanol–water partition coefficient (Wildman–Crippen LogP) is 4.93. The number of carbonyl (C=O) groups is 1. The number of amides is 1. The lowest BCUT2D eigenvalue weighted by molar-refractivity contribution is -0.134. The summed E-state index contributed by atoms with van der Waals surface area (Å²) in [6.45, 7) is 4.46. The van der Waals surface area contributed by atoms with Gasteiger partial charge in [0.1, 0.15) is 0 Å². The highest BCUT2D eigenvalue weighted by Gasteiger charge is 2.29. The lowest BCUT2D eigenvalue weighted by atomic mass is 9.97. The zero-order valence-corrected chi connectivity index (χ0v) is 18.8. The second-order valence-corrected chi connectivity index (χ2v) is 9.11. The van der Waals surface area contributed by atoms with E-state index in [2.05, 4.69) is 41.6 Å². The van der Waals surface area contributed by atoms with Gasteiger partial charge >= 0.3 is 0 Å². The molecule has 1 N–H and O–H groups in total. The molecule has 31 heavy (non-hydrogen) atoms. The molecule has 0 aliphatic carbocycles. The second-order valence-electron chi connectivity index (χ2n) is 8.26. The van der Waals surface area contributed by atoms with Crippen LogP contribution in [0.4, 0.5) is 0 Å². The molecule has 5 nitrogen and oxygen atoms in total. The molecule has 7 heteroatoms. The van der Waals surface area contributed by atoms with Gasteiger partial charge in [-0.3, -0.25) is 9.48 Å². The first-order valence-corrected chi connectivity index (χ1v) is 11.4. The smallest absolute Gasteiger partial charge is 0.240 e. The summed E-state index contributed by atoms with van der Waals surface area (Å²) in [5.74, 6) is 0.226. The van der Waals surface area contributed by atoms with Gasteiger partial charge in [0.05, 0.1) is 23.8 Å². The van der Waals surface area contributed by atoms with E-state index in [9.17, 15) is 4.79 Å². The van der Waals surface area contributed by atoms with Crippen molar-refractivity contribution >= 4 is 45.6 Å². The van der Waals surface area contributed by atoms with Crippen LogP contribution in [0.2, 0.25) is 10.0 Å². The minimum atomic E-state index is -0.0269. The van der Waals surface area contributed by atoms with Gasteiger partial charge in [-0.2, -0.15) is 5.10 Å². The number of benzene rings is 2. The average Bonchev–Trinajstić information content (AvgIpc) is 3.15. The summed E-state index contributed by atoms with van der Waals surface area (Å²) in [5, 5.41) is 10.2. The van der Waals surface area contributed by atoms with Crippen molar-refractivity contribution in [2.24, 2.45) is 0 Å². The normalized spacial score (nSPS) is 19.8. The first-order chi connectivity index (χ1) is 15.0. The Morgan fingerprint density at radius 2 is 2.06 bits per heavy atom. The number of hydrogen-bond donors (Lipinski definition) is 1. The summed E-state index contributed by atoms with van der Waals surface area (Å²) in [6.07, 6.45) is 5.88. The molecule has 3 aromatic rings. The number of rotatable bonds is 4. The van der Waals surface area contributed by atoms with E-state index < -0.39 is 0 Å². The van der Waals surface area contributed by atoms with Crippen LogP contribution in [-0.2, 0) is 4.79 Å². The highest BCUT2D eigenvalue weighted by atomic mass is 35.5. The van der Waals surface area contributed by atoms with Crippen molar-refractivity contribution < 1.29 is 4.79 Å². The third kappa shape index (κ3) is 3.86. The van der Waals surface area contributed by atoms with Crippen molar-refractivity contribution in [2.75, 3.05) is 19.6 Å². The van der Waals surface area contributed by atoms with E-state index in [1.807, 2.05) is 27.9 Å². The van der Waals surface area contributed by atoms with Gasteiger partial charge in [-0.05, 0) is 61.2 Å². The van der Waals surface area contributed by atoms with Crippen molar-refractivity contribution in [3.63, 3.8) is 0 Å². The molecule has 0 radical (unpaired) electrons. The molecule has 0 bridgehead atoms. The van der Waals surface area contributed by atoms with Gasteiger partial charge in [-0.1, -0.05) is 47.5 Å². The molecule has 2 atom stereocenters. The molecule has 1 aromatic heterocycles. The fourth-order valence-electron chi connectivity index (χ4n) is 4.37. The van der Waals surface area contributed by atoms with E-state index in [1.54, 1.807) is 6.07 Å². The molecule has 0 saturated carbocycles. The van der Waals surface area contributed by atoms with Gasteiger partial charge in [-0.15, -0.1) is 0 Å². The van der Waals surface area contributed by atoms with Crippen LogP contribution in [0.1, 0.15) is 36.9 Å². The van der Waals surface area contributed by atoms with Gasteiger partial charge < -0.3 is 10.2 Å². The molecule has 160 valence electrons. The van der Waals surface area contributed by atoms with Crippen LogP contribution in [0.3, 0.4) is 0 Å². The molecule has 5 rings (SSSR count). The molecular formula is C24H24Cl2N4O. The number of fused-ring (bicyclic) bond motifs is 1. The summed E-state index contributed by atoms with van der Waals surface area (Å²) in [7, 11) is 0. The van der Waals surface area contributed by atoms with E-state index in [-0.39, 0.29) is 18.0 Å². The molecule has 1 fully saturated rings. The second kappa shape index (κ2) is 8.30. The van der Waals surface area contributed by atoms with Crippen LogP contribution in [0.15, 0.2) is 48.7 Å². The number of aromatic nitrogens is 2. The third-order valence-corrected chi connectivity index (χ3v) is 6.95. The standard InChI is InChI=1S/C24H24Cl2N4O/c1-15(20-5-4-19(25)13-21(20)26)30-23-12-17(2-3-18(23)14-28-30)16-7-10-29(11-8-16)24(31)22-6-9-27-22/h2-5,7,12-15,22,27H,6,8-11H2,1H3/t15-,22-/m1/s1. The van der Waals surface area contributed by atoms with Gasteiger partial charge in [0.25, 0.3) is 0 Å². The largest absolute Gasteiger partial charge is 0.337 e. The maximum atomic E-state index is 12.5. The van der Waals surface area contributed by atoms with Gasteiger partial charge in [0.2, 0.25) is 5.91 Å². The van der Waals surface area contributed by atoms with Crippen LogP contribution >= 0.6 is 23.2 Å². The summed E-state index contributed by atoms with van der Waals surface area (Å²) < 4.78 is 2.01. The first kappa shape index (κ1) is 20.6. The quantitative estimate of drug-likeness (QED) is 0.607. The van der Waals surface area contributed by atoms with Gasteiger partial charge in [-0.25, -0.2) is 0 Å². The summed E-state index contributed by atoms with van der Waals surface area (Å²) in [5.41, 5.74) is 4.50. The Balaban J connectivity index is 1.41. The van der Waals surface area contributed by atoms with E-state index in [4.69, 9.17) is 23.2 Å². The third-order valence-electron chi connectivity index (χ3n) is 6.39. The van der Waals surface area contributed by atoms with E-state index in [0.717, 1.165) is 42.4 Å². The number of halogens is 2. The molecule has 0 spiro atoms. The average molecular weight is 455 g/mol. The molecule has 0 unspecified atom stereocenters. The zero-order chi connectivity index (χ0) is 21.5. The molecule has 1 amide bonds. The Hall–Kier alpha value is -2.34. The maximum absolute atomic E-state index is 12.5. The lowest BCUT2D eigenvalue weighted by Crippen LogP contribution is -2.55. The molecule has 3 heterocycles. The number of nitrogens with zero attached hydrogens (tertiary/aromatic N) is 3. The minimum absolute atomic E-state index is 0.0156. The first-order valence-electron chi connectivity index (χ1n) is 10.6. The fraction of sp³-hybridized carbons (Fsp3) is 0.333. The van der Waals surface area contributed by atoms with Crippen LogP contribution in [0.5, 0.6) is 0 Å². The van der Waals surface area contributed by atoms with Crippen molar-refractivity contribution in [1.29, 1.82) is 0 Å². The van der Waals surface area contributed by atoms with Crippen molar-refractivity contribution in [2.45, 2.75) is 31.8 Å². The van der Waals surface area contributed by atoms with Crippen molar-refractivity contribution in [1.82, 2.24) is 20.0 Å². The Kier molecular flexibility index (Phi) is 5.51. The Morgan fingerprint density at radius 3 is 2.74 bits per heavy atom. The van der Waals surface area contributed by atoms with E-state index >= 15 is 0 Å². The van der Waals surface area contributed by atoms with Gasteiger partial charge in [0, 0.05) is 28.5 Å². The van der Waals surface area contributed by atoms with Crippen LogP contribution < -0.4 is 5.32 Å². The van der Waals surface area contributed by atoms with Crippen LogP contribution in [0, 0.1) is 0 Å². The predicted molar refractivity (Wildman–Crippen MR) is 126 cm³/mol. The highest BCUT2D eigenvalue weighted by Crippen LogP contribution is 2.32. The molecule has 2 aliphatic heterocycles. The summed E-state index contributed by atoms with van der Waals surface area (Å²) in [6, 6.07) is 12.0. The van der Waals surface area contributed by atoms with E-state index in [0.29, 0.717) is 16.6 Å². The molecule has 2 aliphatic rings. The molecule has 1 saturated heterocycles. The maximum Gasteiger partial charge on any atom is 0.240 e. The Labute approximate surface area is 191 Å². The number of hydrogen-bond acceptors (Lipinski definition) is 3. The lowest BCUT2D eigenvalue weighted by Gasteiger charge is -2.34. The van der Waals surface area contributed by atoms with Crippen molar-refractivity contribution in [3.05, 3.63) is 69.8 Å². The Morgan fingerprint density at radius 1 is 1.23 bits per heavy atom. The monoisotopic (exact) mass is 454 g/mol. The molecular weight excluding hydrogens is 431 g/mol. The summed E-state index contributed by atoms with van der Waals surface area (Å²) >= 11 is 12.5. The number of carbonyl (C=O) groups excluding carboxylic acids is 1. The topological polar surface area (TPSA) is 50.2 Å². The summed E-state index contributed by atoms with van der Waals surface area (Å²) in [4.78, 5) is 14.4. The van der Waals surface area contributed by atoms with E-state index in [1.165, 1.54) is 11.1 Å². The van der Waals surface area contributed by atoms with Gasteiger partial charge in [0.15, 0.2) is 0 Å². The SMILES string of the molecule is C[C@H](c1ccc(Cl)cc1Cl)n1ncc2ccc(C3=CCN(C(=O)[C@H]4CCN4)CC3)cc21. The van der Waals surface area contributed by atoms with Crippen LogP contribution in [0.25, 0.3) is 16.5 Å². The Bertz CT molecular complexity index is 1180. The fourth-order valence-corrected chi connectivity index (χ4v) is 4.94. The minimum Gasteiger partial charge on any atom is -0.337 e. The molecule has 2 aromatic carbocycles. The zero-order valence-electron chi connectivity index (χ0n) is 17.3. The number of nitrogens with one attached hydrogen (secondary N) is 1.